The molecule has 1 aromatic carbocycles. The minimum atomic E-state index is -4.33. The number of fused-ring (bicyclic) bond motifs is 1. The summed E-state index contributed by atoms with van der Waals surface area (Å²) in [6.07, 6.45) is 0.263. The van der Waals surface area contributed by atoms with Gasteiger partial charge in [0.1, 0.15) is 0 Å². The average molecular weight is 363 g/mol. The van der Waals surface area contributed by atoms with E-state index in [-0.39, 0.29) is 10.5 Å². The van der Waals surface area contributed by atoms with Crippen molar-refractivity contribution in [3.8, 4) is 0 Å². The Morgan fingerprint density at radius 1 is 1.14 bits per heavy atom. The van der Waals surface area contributed by atoms with E-state index in [9.17, 15) is 13.2 Å². The SMILES string of the molecule is FC(F)(F)c1cc(NC2CCN3CCCCC23)ccc1Br. The standard InChI is InChI=1S/C15H18BrF3N2/c16-12-5-4-10(9-11(12)15(17,18)19)20-13-6-8-21-7-2-1-3-14(13)21/h4-5,9,13-14,20H,1-3,6-8H2. The number of halogens is 4. The quantitative estimate of drug-likeness (QED) is 0.832. The van der Waals surface area contributed by atoms with Gasteiger partial charge < -0.3 is 5.32 Å². The van der Waals surface area contributed by atoms with Gasteiger partial charge in [0.25, 0.3) is 0 Å². The molecule has 0 aromatic heterocycles. The number of hydrogen-bond donors (Lipinski definition) is 1. The van der Waals surface area contributed by atoms with E-state index in [4.69, 9.17) is 0 Å². The van der Waals surface area contributed by atoms with E-state index >= 15 is 0 Å². The summed E-state index contributed by atoms with van der Waals surface area (Å²) in [5, 5.41) is 3.32. The fourth-order valence-corrected chi connectivity index (χ4v) is 3.93. The molecular formula is C15H18BrF3N2. The third-order valence-electron chi connectivity index (χ3n) is 4.48. The molecule has 0 aliphatic carbocycles. The summed E-state index contributed by atoms with van der Waals surface area (Å²) in [6, 6.07) is 5.11. The second-order valence-corrected chi connectivity index (χ2v) is 6.69. The number of hydrogen-bond acceptors (Lipinski definition) is 2. The molecule has 2 aliphatic heterocycles. The van der Waals surface area contributed by atoms with E-state index in [1.54, 1.807) is 6.07 Å². The first kappa shape index (κ1) is 15.2. The third kappa shape index (κ3) is 3.21. The maximum atomic E-state index is 12.9. The zero-order chi connectivity index (χ0) is 15.0. The molecule has 2 atom stereocenters. The summed E-state index contributed by atoms with van der Waals surface area (Å²) in [6.45, 7) is 2.17. The van der Waals surface area contributed by atoms with Crippen LogP contribution in [0.25, 0.3) is 0 Å². The first-order chi connectivity index (χ1) is 9.95. The summed E-state index contributed by atoms with van der Waals surface area (Å²) in [7, 11) is 0. The lowest BCUT2D eigenvalue weighted by Crippen LogP contribution is -2.41. The van der Waals surface area contributed by atoms with Crippen molar-refractivity contribution in [2.24, 2.45) is 0 Å². The smallest absolute Gasteiger partial charge is 0.381 e. The maximum Gasteiger partial charge on any atom is 0.417 e. The van der Waals surface area contributed by atoms with E-state index in [1.807, 2.05) is 0 Å². The normalized spacial score (nSPS) is 26.7. The van der Waals surface area contributed by atoms with Crippen molar-refractivity contribution in [1.82, 2.24) is 4.90 Å². The van der Waals surface area contributed by atoms with Crippen molar-refractivity contribution >= 4 is 21.6 Å². The molecule has 1 aromatic rings. The molecule has 2 saturated heterocycles. The van der Waals surface area contributed by atoms with Gasteiger partial charge in [-0.25, -0.2) is 0 Å². The molecule has 0 spiro atoms. The second kappa shape index (κ2) is 5.80. The van der Waals surface area contributed by atoms with Crippen molar-refractivity contribution in [3.05, 3.63) is 28.2 Å². The second-order valence-electron chi connectivity index (χ2n) is 5.83. The van der Waals surface area contributed by atoms with Crippen molar-refractivity contribution in [1.29, 1.82) is 0 Å². The third-order valence-corrected chi connectivity index (χ3v) is 5.17. The molecular weight excluding hydrogens is 345 g/mol. The Morgan fingerprint density at radius 2 is 1.95 bits per heavy atom. The molecule has 1 N–H and O–H groups in total. The minimum Gasteiger partial charge on any atom is -0.381 e. The molecule has 0 bridgehead atoms. The Kier molecular flexibility index (Phi) is 4.19. The molecule has 0 radical (unpaired) electrons. The Hall–Kier alpha value is -0.750. The van der Waals surface area contributed by atoms with Crippen LogP contribution in [0, 0.1) is 0 Å². The lowest BCUT2D eigenvalue weighted by Gasteiger charge is -2.33. The van der Waals surface area contributed by atoms with Crippen LogP contribution in [0.4, 0.5) is 18.9 Å². The van der Waals surface area contributed by atoms with Gasteiger partial charge in [0.15, 0.2) is 0 Å². The Labute approximate surface area is 130 Å². The Balaban J connectivity index is 1.76. The number of rotatable bonds is 2. The van der Waals surface area contributed by atoms with Gasteiger partial charge in [0, 0.05) is 28.8 Å². The monoisotopic (exact) mass is 362 g/mol. The molecule has 21 heavy (non-hydrogen) atoms. The van der Waals surface area contributed by atoms with Crippen LogP contribution in [0.1, 0.15) is 31.2 Å². The van der Waals surface area contributed by atoms with Crippen molar-refractivity contribution in [3.63, 3.8) is 0 Å². The van der Waals surface area contributed by atoms with Crippen LogP contribution < -0.4 is 5.32 Å². The van der Waals surface area contributed by atoms with Gasteiger partial charge in [-0.05, 0) is 44.0 Å². The molecule has 0 saturated carbocycles. The van der Waals surface area contributed by atoms with Crippen LogP contribution in [0.2, 0.25) is 0 Å². The zero-order valence-electron chi connectivity index (χ0n) is 11.6. The molecule has 116 valence electrons. The summed E-state index contributed by atoms with van der Waals surface area (Å²) in [5.41, 5.74) is -0.0612. The van der Waals surface area contributed by atoms with Crippen LogP contribution in [0.5, 0.6) is 0 Å². The van der Waals surface area contributed by atoms with Gasteiger partial charge in [0.2, 0.25) is 0 Å². The highest BCUT2D eigenvalue weighted by molar-refractivity contribution is 9.10. The molecule has 3 rings (SSSR count). The number of nitrogens with zero attached hydrogens (tertiary/aromatic N) is 1. The van der Waals surface area contributed by atoms with E-state index in [1.165, 1.54) is 25.0 Å². The molecule has 2 heterocycles. The van der Waals surface area contributed by atoms with Crippen LogP contribution in [0.3, 0.4) is 0 Å². The van der Waals surface area contributed by atoms with Gasteiger partial charge >= 0.3 is 6.18 Å². The van der Waals surface area contributed by atoms with Crippen molar-refractivity contribution in [2.45, 2.75) is 43.9 Å². The van der Waals surface area contributed by atoms with Crippen LogP contribution in [-0.2, 0) is 6.18 Å². The van der Waals surface area contributed by atoms with E-state index in [0.29, 0.717) is 11.7 Å². The van der Waals surface area contributed by atoms with Gasteiger partial charge in [0.05, 0.1) is 5.56 Å². The van der Waals surface area contributed by atoms with Crippen molar-refractivity contribution in [2.75, 3.05) is 18.4 Å². The van der Waals surface area contributed by atoms with E-state index in [2.05, 4.69) is 26.1 Å². The fourth-order valence-electron chi connectivity index (χ4n) is 3.46. The van der Waals surface area contributed by atoms with Crippen LogP contribution >= 0.6 is 15.9 Å². The van der Waals surface area contributed by atoms with Gasteiger partial charge in [-0.1, -0.05) is 22.4 Å². The number of benzene rings is 1. The fraction of sp³-hybridized carbons (Fsp3) is 0.600. The number of nitrogens with one attached hydrogen (secondary N) is 1. The molecule has 6 heteroatoms. The molecule has 2 unspecified atom stereocenters. The van der Waals surface area contributed by atoms with Crippen LogP contribution in [0.15, 0.2) is 22.7 Å². The summed E-state index contributed by atoms with van der Waals surface area (Å²) < 4.78 is 38.9. The van der Waals surface area contributed by atoms with E-state index in [0.717, 1.165) is 25.9 Å². The van der Waals surface area contributed by atoms with E-state index < -0.39 is 11.7 Å². The summed E-state index contributed by atoms with van der Waals surface area (Å²) in [4.78, 5) is 2.46. The number of alkyl halides is 3. The lowest BCUT2D eigenvalue weighted by atomic mass is 9.99. The lowest BCUT2D eigenvalue weighted by molar-refractivity contribution is -0.138. The average Bonchev–Trinajstić information content (AvgIpc) is 2.83. The largest absolute Gasteiger partial charge is 0.417 e. The highest BCUT2D eigenvalue weighted by Gasteiger charge is 2.36. The Morgan fingerprint density at radius 3 is 2.71 bits per heavy atom. The zero-order valence-corrected chi connectivity index (χ0v) is 13.2. The summed E-state index contributed by atoms with van der Waals surface area (Å²) >= 11 is 2.98. The molecule has 2 fully saturated rings. The number of anilines is 1. The van der Waals surface area contributed by atoms with Crippen LogP contribution in [-0.4, -0.2) is 30.1 Å². The Bertz CT molecular complexity index is 518. The summed E-state index contributed by atoms with van der Waals surface area (Å²) in [5.74, 6) is 0. The predicted molar refractivity (Wildman–Crippen MR) is 80.4 cm³/mol. The predicted octanol–water partition coefficient (Wildman–Crippen LogP) is 4.51. The minimum absolute atomic E-state index is 0.0891. The topological polar surface area (TPSA) is 15.3 Å². The van der Waals surface area contributed by atoms with Gasteiger partial charge in [-0.15, -0.1) is 0 Å². The molecule has 2 nitrogen and oxygen atoms in total. The molecule has 2 aliphatic rings. The molecule has 0 amide bonds. The van der Waals surface area contributed by atoms with Crippen molar-refractivity contribution < 1.29 is 13.2 Å². The number of piperidine rings is 1. The highest BCUT2D eigenvalue weighted by Crippen LogP contribution is 2.37. The maximum absolute atomic E-state index is 12.9. The van der Waals surface area contributed by atoms with Gasteiger partial charge in [-0.3, -0.25) is 4.90 Å². The first-order valence-electron chi connectivity index (χ1n) is 7.32. The highest BCUT2D eigenvalue weighted by atomic mass is 79.9. The van der Waals surface area contributed by atoms with Gasteiger partial charge in [-0.2, -0.15) is 13.2 Å². The first-order valence-corrected chi connectivity index (χ1v) is 8.12.